The highest BCUT2D eigenvalue weighted by atomic mass is 32.1. The SMILES string of the molecule is CCC(C)Nc1nc(-c2cnc(COC)s2)cs1. The molecule has 0 spiro atoms. The number of ether oxygens (including phenoxy) is 1. The van der Waals surface area contributed by atoms with E-state index in [2.05, 4.69) is 34.5 Å². The van der Waals surface area contributed by atoms with E-state index in [0.717, 1.165) is 27.1 Å². The lowest BCUT2D eigenvalue weighted by atomic mass is 10.3. The van der Waals surface area contributed by atoms with E-state index in [1.807, 2.05) is 6.20 Å². The molecule has 1 N–H and O–H groups in total. The first kappa shape index (κ1) is 13.5. The molecular formula is C12H17N3OS2. The molecule has 1 unspecified atom stereocenters. The van der Waals surface area contributed by atoms with Crippen molar-refractivity contribution in [2.45, 2.75) is 32.9 Å². The van der Waals surface area contributed by atoms with E-state index in [-0.39, 0.29) is 0 Å². The summed E-state index contributed by atoms with van der Waals surface area (Å²) in [5.41, 5.74) is 0.991. The highest BCUT2D eigenvalue weighted by molar-refractivity contribution is 7.16. The molecule has 0 aliphatic rings. The number of rotatable bonds is 6. The summed E-state index contributed by atoms with van der Waals surface area (Å²) in [7, 11) is 1.68. The molecule has 2 heterocycles. The fourth-order valence-electron chi connectivity index (χ4n) is 1.38. The average Bonchev–Trinajstić information content (AvgIpc) is 2.98. The normalized spacial score (nSPS) is 12.6. The van der Waals surface area contributed by atoms with Crippen LogP contribution < -0.4 is 5.32 Å². The number of hydrogen-bond donors (Lipinski definition) is 1. The molecule has 0 radical (unpaired) electrons. The Labute approximate surface area is 115 Å². The molecule has 98 valence electrons. The fourth-order valence-corrected chi connectivity index (χ4v) is 3.13. The second kappa shape index (κ2) is 6.26. The number of methoxy groups -OCH3 is 1. The predicted molar refractivity (Wildman–Crippen MR) is 77.3 cm³/mol. The van der Waals surface area contributed by atoms with E-state index >= 15 is 0 Å². The Morgan fingerprint density at radius 3 is 3.06 bits per heavy atom. The van der Waals surface area contributed by atoms with Crippen LogP contribution in [0.2, 0.25) is 0 Å². The minimum Gasteiger partial charge on any atom is -0.378 e. The van der Waals surface area contributed by atoms with Crippen LogP contribution in [0.5, 0.6) is 0 Å². The van der Waals surface area contributed by atoms with Gasteiger partial charge < -0.3 is 10.1 Å². The highest BCUT2D eigenvalue weighted by Crippen LogP contribution is 2.29. The third kappa shape index (κ3) is 3.28. The maximum atomic E-state index is 5.07. The van der Waals surface area contributed by atoms with E-state index in [9.17, 15) is 0 Å². The van der Waals surface area contributed by atoms with E-state index in [0.29, 0.717) is 12.6 Å². The Morgan fingerprint density at radius 1 is 1.50 bits per heavy atom. The summed E-state index contributed by atoms with van der Waals surface area (Å²) >= 11 is 3.26. The molecule has 0 fully saturated rings. The molecule has 0 amide bonds. The van der Waals surface area contributed by atoms with Gasteiger partial charge in [0.1, 0.15) is 5.01 Å². The molecule has 4 nitrogen and oxygen atoms in total. The molecule has 0 bridgehead atoms. The molecule has 6 heteroatoms. The Morgan fingerprint density at radius 2 is 2.33 bits per heavy atom. The molecule has 0 aliphatic heterocycles. The number of nitrogens with one attached hydrogen (secondary N) is 1. The molecule has 1 atom stereocenters. The summed E-state index contributed by atoms with van der Waals surface area (Å²) in [6, 6.07) is 0.453. The van der Waals surface area contributed by atoms with Gasteiger partial charge >= 0.3 is 0 Å². The van der Waals surface area contributed by atoms with E-state index in [1.54, 1.807) is 29.8 Å². The Bertz CT molecular complexity index is 495. The molecule has 0 saturated heterocycles. The minimum absolute atomic E-state index is 0.453. The second-order valence-electron chi connectivity index (χ2n) is 4.04. The van der Waals surface area contributed by atoms with Crippen molar-refractivity contribution in [1.82, 2.24) is 9.97 Å². The Hall–Kier alpha value is -0.980. The number of nitrogens with zero attached hydrogens (tertiary/aromatic N) is 2. The van der Waals surface area contributed by atoms with Gasteiger partial charge in [-0.25, -0.2) is 9.97 Å². The van der Waals surface area contributed by atoms with Crippen LogP contribution in [0.1, 0.15) is 25.3 Å². The van der Waals surface area contributed by atoms with Crippen molar-refractivity contribution in [3.8, 4) is 10.6 Å². The van der Waals surface area contributed by atoms with Gasteiger partial charge in [0, 0.05) is 24.7 Å². The minimum atomic E-state index is 0.453. The van der Waals surface area contributed by atoms with Gasteiger partial charge in [-0.3, -0.25) is 0 Å². The highest BCUT2D eigenvalue weighted by Gasteiger charge is 2.09. The van der Waals surface area contributed by atoms with Gasteiger partial charge in [0.05, 0.1) is 17.2 Å². The van der Waals surface area contributed by atoms with Crippen LogP contribution in [0, 0.1) is 0 Å². The third-order valence-electron chi connectivity index (χ3n) is 2.56. The summed E-state index contributed by atoms with van der Waals surface area (Å²) in [5, 5.41) is 7.40. The summed E-state index contributed by atoms with van der Waals surface area (Å²) in [5.74, 6) is 0. The van der Waals surface area contributed by atoms with Gasteiger partial charge in [0.25, 0.3) is 0 Å². The smallest absolute Gasteiger partial charge is 0.183 e. The first-order valence-corrected chi connectivity index (χ1v) is 7.58. The Kier molecular flexibility index (Phi) is 4.68. The quantitative estimate of drug-likeness (QED) is 0.879. The van der Waals surface area contributed by atoms with Gasteiger partial charge in [-0.2, -0.15) is 0 Å². The average molecular weight is 283 g/mol. The molecule has 0 saturated carbocycles. The monoisotopic (exact) mass is 283 g/mol. The number of hydrogen-bond acceptors (Lipinski definition) is 6. The lowest BCUT2D eigenvalue weighted by molar-refractivity contribution is 0.184. The first-order chi connectivity index (χ1) is 8.72. The van der Waals surface area contributed by atoms with Crippen molar-refractivity contribution in [3.05, 3.63) is 16.6 Å². The van der Waals surface area contributed by atoms with E-state index < -0.39 is 0 Å². The molecule has 2 rings (SSSR count). The number of anilines is 1. The van der Waals surface area contributed by atoms with Gasteiger partial charge in [0.2, 0.25) is 0 Å². The molecular weight excluding hydrogens is 266 g/mol. The molecule has 2 aromatic heterocycles. The van der Waals surface area contributed by atoms with E-state index in [4.69, 9.17) is 4.74 Å². The lowest BCUT2D eigenvalue weighted by Gasteiger charge is -2.08. The zero-order valence-corrected chi connectivity index (χ0v) is 12.4. The zero-order chi connectivity index (χ0) is 13.0. The van der Waals surface area contributed by atoms with Crippen molar-refractivity contribution in [3.63, 3.8) is 0 Å². The van der Waals surface area contributed by atoms with Crippen LogP contribution in [0.3, 0.4) is 0 Å². The van der Waals surface area contributed by atoms with E-state index in [1.165, 1.54) is 0 Å². The lowest BCUT2D eigenvalue weighted by Crippen LogP contribution is -2.12. The summed E-state index contributed by atoms with van der Waals surface area (Å²) < 4.78 is 5.07. The summed E-state index contributed by atoms with van der Waals surface area (Å²) in [4.78, 5) is 9.98. The van der Waals surface area contributed by atoms with Gasteiger partial charge in [-0.1, -0.05) is 6.92 Å². The maximum absolute atomic E-state index is 5.07. The van der Waals surface area contributed by atoms with Crippen molar-refractivity contribution in [1.29, 1.82) is 0 Å². The van der Waals surface area contributed by atoms with Gasteiger partial charge in [-0.15, -0.1) is 22.7 Å². The number of thiazole rings is 2. The van der Waals surface area contributed by atoms with Crippen LogP contribution in [-0.4, -0.2) is 23.1 Å². The third-order valence-corrected chi connectivity index (χ3v) is 4.33. The standard InChI is InChI=1S/C12H17N3OS2/c1-4-8(2)14-12-15-9(7-17-12)10-5-13-11(18-10)6-16-3/h5,7-8H,4,6H2,1-3H3,(H,14,15). The van der Waals surface area contributed by atoms with Gasteiger partial charge in [0.15, 0.2) is 5.13 Å². The van der Waals surface area contributed by atoms with Crippen LogP contribution >= 0.6 is 22.7 Å². The summed E-state index contributed by atoms with van der Waals surface area (Å²) in [6.07, 6.45) is 2.95. The largest absolute Gasteiger partial charge is 0.378 e. The van der Waals surface area contributed by atoms with Crippen molar-refractivity contribution < 1.29 is 4.74 Å². The number of aromatic nitrogens is 2. The predicted octanol–water partition coefficient (Wildman–Crippen LogP) is 3.62. The van der Waals surface area contributed by atoms with Crippen LogP contribution in [-0.2, 0) is 11.3 Å². The van der Waals surface area contributed by atoms with Crippen LogP contribution in [0.15, 0.2) is 11.6 Å². The zero-order valence-electron chi connectivity index (χ0n) is 10.8. The second-order valence-corrected chi connectivity index (χ2v) is 6.02. The molecule has 18 heavy (non-hydrogen) atoms. The van der Waals surface area contributed by atoms with Crippen molar-refractivity contribution in [2.24, 2.45) is 0 Å². The van der Waals surface area contributed by atoms with Crippen LogP contribution in [0.25, 0.3) is 10.6 Å². The Balaban J connectivity index is 2.08. The van der Waals surface area contributed by atoms with Crippen molar-refractivity contribution >= 4 is 27.8 Å². The fraction of sp³-hybridized carbons (Fsp3) is 0.500. The molecule has 0 aliphatic carbocycles. The topological polar surface area (TPSA) is 47.0 Å². The first-order valence-electron chi connectivity index (χ1n) is 5.89. The maximum Gasteiger partial charge on any atom is 0.183 e. The molecule has 2 aromatic rings. The van der Waals surface area contributed by atoms with Crippen molar-refractivity contribution in [2.75, 3.05) is 12.4 Å². The summed E-state index contributed by atoms with van der Waals surface area (Å²) in [6.45, 7) is 4.88. The molecule has 0 aromatic carbocycles. The van der Waals surface area contributed by atoms with Gasteiger partial charge in [-0.05, 0) is 13.3 Å². The van der Waals surface area contributed by atoms with Crippen LogP contribution in [0.4, 0.5) is 5.13 Å².